The molecule has 1 aliphatic heterocycles. The summed E-state index contributed by atoms with van der Waals surface area (Å²) >= 11 is 7.84. The highest BCUT2D eigenvalue weighted by Gasteiger charge is 2.32. The monoisotopic (exact) mass is 259 g/mol. The molecule has 0 fully saturated rings. The Bertz CT molecular complexity index is 408. The third kappa shape index (κ3) is 1.96. The molecule has 1 heterocycles. The third-order valence-corrected chi connectivity index (χ3v) is 5.02. The molecule has 0 spiro atoms. The molecule has 2 rings (SSSR count). The van der Waals surface area contributed by atoms with Crippen LogP contribution in [0.1, 0.15) is 31.0 Å². The van der Waals surface area contributed by atoms with Crippen molar-refractivity contribution in [3.05, 3.63) is 34.1 Å². The van der Waals surface area contributed by atoms with E-state index in [1.54, 1.807) is 17.8 Å². The smallest absolute Gasteiger partial charge is 0.127 e. The van der Waals surface area contributed by atoms with E-state index in [9.17, 15) is 4.39 Å². The van der Waals surface area contributed by atoms with E-state index < -0.39 is 0 Å². The van der Waals surface area contributed by atoms with Gasteiger partial charge in [0.25, 0.3) is 0 Å². The van der Waals surface area contributed by atoms with Gasteiger partial charge in [0.1, 0.15) is 5.82 Å². The number of hydrogen-bond acceptors (Lipinski definition) is 2. The summed E-state index contributed by atoms with van der Waals surface area (Å²) in [5.41, 5.74) is 7.68. The fourth-order valence-electron chi connectivity index (χ4n) is 2.17. The molecule has 2 N–H and O–H groups in total. The van der Waals surface area contributed by atoms with E-state index in [-0.39, 0.29) is 11.9 Å². The lowest BCUT2D eigenvalue weighted by molar-refractivity contribution is 0.513. The molecular formula is C12H15ClFNS. The van der Waals surface area contributed by atoms with Crippen LogP contribution >= 0.6 is 23.4 Å². The van der Waals surface area contributed by atoms with Gasteiger partial charge in [0, 0.05) is 27.6 Å². The highest BCUT2D eigenvalue weighted by molar-refractivity contribution is 7.99. The van der Waals surface area contributed by atoms with Crippen LogP contribution in [0.4, 0.5) is 4.39 Å². The van der Waals surface area contributed by atoms with Crippen molar-refractivity contribution < 1.29 is 4.39 Å². The molecule has 0 radical (unpaired) electrons. The average molecular weight is 260 g/mol. The van der Waals surface area contributed by atoms with Crippen molar-refractivity contribution in [3.8, 4) is 0 Å². The van der Waals surface area contributed by atoms with Gasteiger partial charge in [0.05, 0.1) is 0 Å². The number of benzene rings is 1. The highest BCUT2D eigenvalue weighted by Crippen LogP contribution is 2.43. The molecule has 0 aliphatic carbocycles. The van der Waals surface area contributed by atoms with Crippen LogP contribution in [-0.2, 0) is 5.75 Å². The maximum absolute atomic E-state index is 13.6. The molecule has 1 nitrogen and oxygen atoms in total. The van der Waals surface area contributed by atoms with E-state index in [1.165, 1.54) is 6.07 Å². The summed E-state index contributed by atoms with van der Waals surface area (Å²) in [6, 6.07) is 2.85. The molecule has 88 valence electrons. The summed E-state index contributed by atoms with van der Waals surface area (Å²) in [6.45, 7) is 4.27. The Kier molecular flexibility index (Phi) is 3.48. The zero-order valence-corrected chi connectivity index (χ0v) is 10.9. The average Bonchev–Trinajstić information content (AvgIpc) is 2.23. The number of nitrogens with two attached hydrogens (primary N) is 1. The molecule has 0 saturated heterocycles. The second-order valence-electron chi connectivity index (χ2n) is 4.47. The van der Waals surface area contributed by atoms with Crippen molar-refractivity contribution in [2.75, 3.05) is 0 Å². The number of thioether (sulfide) groups is 1. The SMILES string of the molecule is CC(C)C1SCc2c(F)ccc(Cl)c2C1N. The van der Waals surface area contributed by atoms with Crippen molar-refractivity contribution in [2.45, 2.75) is 30.9 Å². The zero-order chi connectivity index (χ0) is 11.9. The van der Waals surface area contributed by atoms with Crippen LogP contribution in [0.5, 0.6) is 0 Å². The van der Waals surface area contributed by atoms with Gasteiger partial charge in [-0.1, -0.05) is 25.4 Å². The molecule has 1 aliphatic rings. The van der Waals surface area contributed by atoms with E-state index in [0.717, 1.165) is 5.56 Å². The van der Waals surface area contributed by atoms with Crippen molar-refractivity contribution in [1.29, 1.82) is 0 Å². The summed E-state index contributed by atoms with van der Waals surface area (Å²) in [5, 5.41) is 0.904. The van der Waals surface area contributed by atoms with Gasteiger partial charge in [0.2, 0.25) is 0 Å². The minimum absolute atomic E-state index is 0.169. The molecule has 16 heavy (non-hydrogen) atoms. The lowest BCUT2D eigenvalue weighted by Crippen LogP contribution is -2.32. The first-order chi connectivity index (χ1) is 7.52. The van der Waals surface area contributed by atoms with Crippen molar-refractivity contribution >= 4 is 23.4 Å². The Morgan fingerprint density at radius 1 is 1.50 bits per heavy atom. The van der Waals surface area contributed by atoms with Gasteiger partial charge < -0.3 is 5.73 Å². The third-order valence-electron chi connectivity index (χ3n) is 3.01. The van der Waals surface area contributed by atoms with E-state index in [2.05, 4.69) is 13.8 Å². The number of fused-ring (bicyclic) bond motifs is 1. The minimum Gasteiger partial charge on any atom is -0.323 e. The van der Waals surface area contributed by atoms with Crippen LogP contribution in [0.15, 0.2) is 12.1 Å². The molecule has 0 saturated carbocycles. The van der Waals surface area contributed by atoms with Crippen molar-refractivity contribution in [2.24, 2.45) is 11.7 Å². The molecule has 1 aromatic carbocycles. The van der Waals surface area contributed by atoms with Gasteiger partial charge in [-0.15, -0.1) is 0 Å². The van der Waals surface area contributed by atoms with Crippen LogP contribution in [-0.4, -0.2) is 5.25 Å². The fourth-order valence-corrected chi connectivity index (χ4v) is 3.86. The molecular weight excluding hydrogens is 245 g/mol. The van der Waals surface area contributed by atoms with Gasteiger partial charge in [-0.3, -0.25) is 0 Å². The molecule has 1 aromatic rings. The highest BCUT2D eigenvalue weighted by atomic mass is 35.5. The second kappa shape index (κ2) is 4.55. The number of rotatable bonds is 1. The fraction of sp³-hybridized carbons (Fsp3) is 0.500. The Morgan fingerprint density at radius 2 is 2.19 bits per heavy atom. The van der Waals surface area contributed by atoms with Gasteiger partial charge in [-0.05, 0) is 23.6 Å². The number of halogens is 2. The van der Waals surface area contributed by atoms with Crippen LogP contribution in [0, 0.1) is 11.7 Å². The van der Waals surface area contributed by atoms with E-state index in [4.69, 9.17) is 17.3 Å². The molecule has 2 atom stereocenters. The molecule has 4 heteroatoms. The van der Waals surface area contributed by atoms with Gasteiger partial charge in [-0.2, -0.15) is 11.8 Å². The summed E-state index contributed by atoms with van der Waals surface area (Å²) in [6.07, 6.45) is 0. The van der Waals surface area contributed by atoms with Crippen molar-refractivity contribution in [3.63, 3.8) is 0 Å². The predicted molar refractivity (Wildman–Crippen MR) is 68.3 cm³/mol. The number of hydrogen-bond donors (Lipinski definition) is 1. The minimum atomic E-state index is -0.190. The summed E-state index contributed by atoms with van der Waals surface area (Å²) in [5.74, 6) is 0.940. The Balaban J connectivity index is 2.48. The maximum atomic E-state index is 13.6. The Morgan fingerprint density at radius 3 is 2.81 bits per heavy atom. The first-order valence-electron chi connectivity index (χ1n) is 5.36. The van der Waals surface area contributed by atoms with Crippen LogP contribution in [0.2, 0.25) is 5.02 Å². The second-order valence-corrected chi connectivity index (χ2v) is 6.04. The first-order valence-corrected chi connectivity index (χ1v) is 6.79. The summed E-state index contributed by atoms with van der Waals surface area (Å²) in [4.78, 5) is 0. The zero-order valence-electron chi connectivity index (χ0n) is 9.34. The van der Waals surface area contributed by atoms with Crippen LogP contribution in [0.25, 0.3) is 0 Å². The Labute approximate surface area is 105 Å². The van der Waals surface area contributed by atoms with Gasteiger partial charge in [-0.25, -0.2) is 4.39 Å². The topological polar surface area (TPSA) is 26.0 Å². The van der Waals surface area contributed by atoms with E-state index in [0.29, 0.717) is 27.5 Å². The standard InChI is InChI=1S/C12H15ClFNS/c1-6(2)12-11(15)10-7(5-16-12)9(14)4-3-8(10)13/h3-4,6,11-12H,5,15H2,1-2H3. The molecule has 2 unspecified atom stereocenters. The van der Waals surface area contributed by atoms with Crippen LogP contribution in [0.3, 0.4) is 0 Å². The molecule has 0 aromatic heterocycles. The first kappa shape index (κ1) is 12.2. The lowest BCUT2D eigenvalue weighted by atomic mass is 9.93. The quantitative estimate of drug-likeness (QED) is 0.831. The summed E-state index contributed by atoms with van der Waals surface area (Å²) in [7, 11) is 0. The normalized spacial score (nSPS) is 24.6. The summed E-state index contributed by atoms with van der Waals surface area (Å²) < 4.78 is 13.6. The van der Waals surface area contributed by atoms with E-state index in [1.807, 2.05) is 0 Å². The predicted octanol–water partition coefficient (Wildman–Crippen LogP) is 3.75. The van der Waals surface area contributed by atoms with Crippen molar-refractivity contribution in [1.82, 2.24) is 0 Å². The maximum Gasteiger partial charge on any atom is 0.127 e. The van der Waals surface area contributed by atoms with Crippen LogP contribution < -0.4 is 5.73 Å². The van der Waals surface area contributed by atoms with Gasteiger partial charge in [0.15, 0.2) is 0 Å². The largest absolute Gasteiger partial charge is 0.323 e. The van der Waals surface area contributed by atoms with E-state index >= 15 is 0 Å². The lowest BCUT2D eigenvalue weighted by Gasteiger charge is -2.33. The van der Waals surface area contributed by atoms with Gasteiger partial charge >= 0.3 is 0 Å². The molecule has 0 bridgehead atoms. The molecule has 0 amide bonds. The Hall–Kier alpha value is -0.250.